The third kappa shape index (κ3) is 5.62. The van der Waals surface area contributed by atoms with Crippen molar-refractivity contribution < 1.29 is 14.3 Å². The van der Waals surface area contributed by atoms with Crippen LogP contribution in [0.3, 0.4) is 0 Å². The largest absolute Gasteiger partial charge is 0.519 e. The number of hydrogen-bond donors (Lipinski definition) is 0. The summed E-state index contributed by atoms with van der Waals surface area (Å²) in [6, 6.07) is 11.7. The van der Waals surface area contributed by atoms with Gasteiger partial charge >= 0.3 is 6.16 Å². The molecule has 5 heteroatoms. The molecule has 0 atom stereocenters. The number of benzene rings is 2. The first-order valence-electron chi connectivity index (χ1n) is 9.25. The van der Waals surface area contributed by atoms with E-state index in [0.717, 1.165) is 20.0 Å². The molecular formula is C23H28I2O3. The van der Waals surface area contributed by atoms with Crippen LogP contribution in [-0.4, -0.2) is 6.16 Å². The Morgan fingerprint density at radius 2 is 1.11 bits per heavy atom. The highest BCUT2D eigenvalue weighted by Gasteiger charge is 2.24. The highest BCUT2D eigenvalue weighted by atomic mass is 127. The maximum absolute atomic E-state index is 12.6. The van der Waals surface area contributed by atoms with Crippen LogP contribution in [0.2, 0.25) is 0 Å². The van der Waals surface area contributed by atoms with Crippen LogP contribution in [0, 0.1) is 0 Å². The highest BCUT2D eigenvalue weighted by molar-refractivity contribution is 14.1. The third-order valence-electron chi connectivity index (χ3n) is 4.54. The molecule has 0 aliphatic rings. The Labute approximate surface area is 195 Å². The topological polar surface area (TPSA) is 35.5 Å². The predicted octanol–water partition coefficient (Wildman–Crippen LogP) is 7.73. The molecule has 0 bridgehead atoms. The quantitative estimate of drug-likeness (QED) is 0.155. The van der Waals surface area contributed by atoms with Crippen LogP contribution in [0.1, 0.15) is 63.8 Å². The van der Waals surface area contributed by atoms with Gasteiger partial charge in [-0.1, -0.05) is 111 Å². The minimum absolute atomic E-state index is 0.0286. The SMILES string of the molecule is CC(C)(C)c1cccc(OC(=O)Oc2cccc(C(C)(C)C)c2CI)c1CI. The fraction of sp³-hybridized carbons (Fsp3) is 0.435. The van der Waals surface area contributed by atoms with E-state index in [1.54, 1.807) is 0 Å². The van der Waals surface area contributed by atoms with E-state index >= 15 is 0 Å². The molecule has 2 rings (SSSR count). The van der Waals surface area contributed by atoms with Gasteiger partial charge in [0.15, 0.2) is 0 Å². The molecule has 0 aliphatic carbocycles. The Morgan fingerprint density at radius 3 is 1.39 bits per heavy atom. The van der Waals surface area contributed by atoms with E-state index in [0.29, 0.717) is 11.5 Å². The fourth-order valence-electron chi connectivity index (χ4n) is 3.20. The lowest BCUT2D eigenvalue weighted by Crippen LogP contribution is -2.20. The number of halogens is 2. The Balaban J connectivity index is 2.32. The smallest absolute Gasteiger partial charge is 0.394 e. The number of carbonyl (C=O) groups is 1. The highest BCUT2D eigenvalue weighted by Crippen LogP contribution is 2.35. The first-order chi connectivity index (χ1) is 13.0. The summed E-state index contributed by atoms with van der Waals surface area (Å²) in [5.74, 6) is 1.13. The number of carbonyl (C=O) groups excluding carboxylic acids is 1. The maximum Gasteiger partial charge on any atom is 0.519 e. The molecule has 0 aliphatic heterocycles. The van der Waals surface area contributed by atoms with Gasteiger partial charge in [-0.2, -0.15) is 0 Å². The van der Waals surface area contributed by atoms with Crippen LogP contribution in [0.4, 0.5) is 4.79 Å². The summed E-state index contributed by atoms with van der Waals surface area (Å²) in [6.45, 7) is 12.9. The van der Waals surface area contributed by atoms with Gasteiger partial charge in [0.25, 0.3) is 0 Å². The van der Waals surface area contributed by atoms with E-state index in [4.69, 9.17) is 9.47 Å². The normalized spacial score (nSPS) is 12.0. The van der Waals surface area contributed by atoms with Crippen LogP contribution < -0.4 is 9.47 Å². The summed E-state index contributed by atoms with van der Waals surface area (Å²) >= 11 is 4.61. The number of rotatable bonds is 4. The van der Waals surface area contributed by atoms with E-state index in [-0.39, 0.29) is 10.8 Å². The summed E-state index contributed by atoms with van der Waals surface area (Å²) in [7, 11) is 0. The minimum Gasteiger partial charge on any atom is -0.394 e. The summed E-state index contributed by atoms with van der Waals surface area (Å²) in [4.78, 5) is 12.6. The molecule has 0 saturated heterocycles. The van der Waals surface area contributed by atoms with Gasteiger partial charge in [0.05, 0.1) is 0 Å². The van der Waals surface area contributed by atoms with E-state index in [9.17, 15) is 4.79 Å². The summed E-state index contributed by atoms with van der Waals surface area (Å²) in [6.07, 6.45) is -0.700. The van der Waals surface area contributed by atoms with Crippen LogP contribution in [-0.2, 0) is 19.7 Å². The van der Waals surface area contributed by atoms with Crippen molar-refractivity contribution in [1.29, 1.82) is 0 Å². The summed E-state index contributed by atoms with van der Waals surface area (Å²) in [5.41, 5.74) is 4.36. The van der Waals surface area contributed by atoms with E-state index in [1.807, 2.05) is 24.3 Å². The average Bonchev–Trinajstić information content (AvgIpc) is 2.59. The zero-order valence-electron chi connectivity index (χ0n) is 17.4. The number of alkyl halides is 2. The zero-order valence-corrected chi connectivity index (χ0v) is 21.7. The predicted molar refractivity (Wildman–Crippen MR) is 132 cm³/mol. The summed E-state index contributed by atoms with van der Waals surface area (Å²) in [5, 5.41) is 0. The molecule has 2 aromatic carbocycles. The molecule has 0 fully saturated rings. The van der Waals surface area contributed by atoms with E-state index < -0.39 is 6.16 Å². The molecule has 0 amide bonds. The van der Waals surface area contributed by atoms with Gasteiger partial charge in [-0.05, 0) is 34.1 Å². The Bertz CT molecular complexity index is 776. The molecule has 2 aromatic rings. The van der Waals surface area contributed by atoms with Crippen molar-refractivity contribution in [3.8, 4) is 11.5 Å². The van der Waals surface area contributed by atoms with Crippen molar-refractivity contribution in [2.75, 3.05) is 0 Å². The molecule has 0 N–H and O–H groups in total. The van der Waals surface area contributed by atoms with Crippen molar-refractivity contribution in [3.63, 3.8) is 0 Å². The molecular weight excluding hydrogens is 578 g/mol. The molecule has 0 heterocycles. The second kappa shape index (κ2) is 9.32. The van der Waals surface area contributed by atoms with Gasteiger partial charge in [0.2, 0.25) is 0 Å². The lowest BCUT2D eigenvalue weighted by Gasteiger charge is -2.24. The fourth-order valence-corrected chi connectivity index (χ4v) is 4.78. The molecule has 0 spiro atoms. The van der Waals surface area contributed by atoms with Crippen molar-refractivity contribution in [3.05, 3.63) is 58.7 Å². The average molecular weight is 606 g/mol. The van der Waals surface area contributed by atoms with Crippen molar-refractivity contribution in [2.45, 2.75) is 61.2 Å². The maximum atomic E-state index is 12.6. The molecule has 3 nitrogen and oxygen atoms in total. The van der Waals surface area contributed by atoms with Gasteiger partial charge in [-0.15, -0.1) is 0 Å². The van der Waals surface area contributed by atoms with Gasteiger partial charge in [0.1, 0.15) is 11.5 Å². The van der Waals surface area contributed by atoms with Crippen LogP contribution in [0.15, 0.2) is 36.4 Å². The number of hydrogen-bond acceptors (Lipinski definition) is 3. The molecule has 0 aromatic heterocycles. The number of ether oxygens (including phenoxy) is 2. The third-order valence-corrected chi connectivity index (χ3v) is 6.06. The molecule has 28 heavy (non-hydrogen) atoms. The van der Waals surface area contributed by atoms with Crippen molar-refractivity contribution in [2.24, 2.45) is 0 Å². The monoisotopic (exact) mass is 606 g/mol. The summed E-state index contributed by atoms with van der Waals surface area (Å²) < 4.78 is 12.8. The van der Waals surface area contributed by atoms with Gasteiger partial charge < -0.3 is 9.47 Å². The van der Waals surface area contributed by atoms with Crippen molar-refractivity contribution in [1.82, 2.24) is 0 Å². The lowest BCUT2D eigenvalue weighted by molar-refractivity contribution is 0.151. The van der Waals surface area contributed by atoms with Gasteiger partial charge in [0, 0.05) is 20.0 Å². The zero-order chi connectivity index (χ0) is 21.1. The van der Waals surface area contributed by atoms with Crippen LogP contribution >= 0.6 is 45.2 Å². The first kappa shape index (κ1) is 23.4. The second-order valence-electron chi connectivity index (χ2n) is 8.79. The second-order valence-corrected chi connectivity index (χ2v) is 10.3. The molecule has 152 valence electrons. The van der Waals surface area contributed by atoms with E-state index in [2.05, 4.69) is 98.9 Å². The Morgan fingerprint density at radius 1 is 0.750 bits per heavy atom. The van der Waals surface area contributed by atoms with Gasteiger partial charge in [-0.25, -0.2) is 4.79 Å². The van der Waals surface area contributed by atoms with Crippen LogP contribution in [0.5, 0.6) is 11.5 Å². The molecule has 0 radical (unpaired) electrons. The van der Waals surface area contributed by atoms with Gasteiger partial charge in [-0.3, -0.25) is 0 Å². The van der Waals surface area contributed by atoms with E-state index in [1.165, 1.54) is 11.1 Å². The Kier molecular flexibility index (Phi) is 7.81. The standard InChI is InChI=1S/C23H28I2O3/c1-22(2,3)17-9-7-11-19(15(17)13-24)27-21(26)28-20-12-8-10-18(16(20)14-25)23(4,5)6/h7-12H,13-14H2,1-6H3. The van der Waals surface area contributed by atoms with Crippen LogP contribution in [0.25, 0.3) is 0 Å². The molecule has 0 saturated carbocycles. The molecule has 0 unspecified atom stereocenters. The van der Waals surface area contributed by atoms with Crippen molar-refractivity contribution >= 4 is 51.3 Å². The first-order valence-corrected chi connectivity index (χ1v) is 12.3. The Hall–Kier alpha value is -0.830. The minimum atomic E-state index is -0.700. The lowest BCUT2D eigenvalue weighted by atomic mass is 9.84.